The highest BCUT2D eigenvalue weighted by Crippen LogP contribution is 2.26. The SMILES string of the molecule is Cc1ccc(N2CC[C@H](C(=O)Nc3ccc(OC4CCN(C(=O)C(C)(C)C)CC4)cc3)C2)nn1. The Morgan fingerprint density at radius 2 is 1.68 bits per heavy atom. The zero-order valence-corrected chi connectivity index (χ0v) is 20.6. The van der Waals surface area contributed by atoms with Crippen LogP contribution in [0.1, 0.15) is 45.7 Å². The van der Waals surface area contributed by atoms with Crippen molar-refractivity contribution < 1.29 is 14.3 Å². The lowest BCUT2D eigenvalue weighted by Crippen LogP contribution is -2.46. The average molecular weight is 466 g/mol. The standard InChI is InChI=1S/C26H35N5O3/c1-18-5-10-23(29-28-18)31-14-11-19(17-31)24(32)27-20-6-8-21(9-7-20)34-22-12-15-30(16-13-22)25(33)26(2,3)4/h5-10,19,22H,11-17H2,1-4H3,(H,27,32)/t19-/m0/s1. The molecule has 0 aliphatic carbocycles. The number of piperidine rings is 1. The molecule has 2 aliphatic heterocycles. The molecule has 0 radical (unpaired) electrons. The van der Waals surface area contributed by atoms with Crippen molar-refractivity contribution in [3.8, 4) is 5.75 Å². The van der Waals surface area contributed by atoms with Gasteiger partial charge in [0, 0.05) is 50.1 Å². The number of anilines is 2. The van der Waals surface area contributed by atoms with Crippen LogP contribution in [-0.4, -0.2) is 59.2 Å². The van der Waals surface area contributed by atoms with Gasteiger partial charge in [-0.1, -0.05) is 20.8 Å². The largest absolute Gasteiger partial charge is 0.490 e. The summed E-state index contributed by atoms with van der Waals surface area (Å²) in [4.78, 5) is 29.3. The van der Waals surface area contributed by atoms with Crippen LogP contribution in [0.15, 0.2) is 36.4 Å². The Kier molecular flexibility index (Phi) is 7.05. The van der Waals surface area contributed by atoms with E-state index in [2.05, 4.69) is 20.4 Å². The van der Waals surface area contributed by atoms with Crippen molar-refractivity contribution in [2.24, 2.45) is 11.3 Å². The normalized spacial score (nSPS) is 19.2. The summed E-state index contributed by atoms with van der Waals surface area (Å²) in [5, 5.41) is 11.4. The second-order valence-corrected chi connectivity index (χ2v) is 10.3. The Hall–Kier alpha value is -3.16. The third-order valence-electron chi connectivity index (χ3n) is 6.46. The Balaban J connectivity index is 1.24. The van der Waals surface area contributed by atoms with E-state index in [0.29, 0.717) is 6.54 Å². The van der Waals surface area contributed by atoms with Crippen LogP contribution in [0, 0.1) is 18.3 Å². The molecule has 4 rings (SSSR count). The van der Waals surface area contributed by atoms with E-state index in [0.717, 1.165) is 61.8 Å². The van der Waals surface area contributed by atoms with E-state index >= 15 is 0 Å². The maximum Gasteiger partial charge on any atom is 0.229 e. The molecule has 1 aromatic carbocycles. The van der Waals surface area contributed by atoms with Crippen molar-refractivity contribution >= 4 is 23.3 Å². The van der Waals surface area contributed by atoms with E-state index in [-0.39, 0.29) is 29.3 Å². The number of hydrogen-bond acceptors (Lipinski definition) is 6. The zero-order valence-electron chi connectivity index (χ0n) is 20.6. The lowest BCUT2D eigenvalue weighted by molar-refractivity contribution is -0.141. The third-order valence-corrected chi connectivity index (χ3v) is 6.46. The number of carbonyl (C=O) groups is 2. The van der Waals surface area contributed by atoms with Crippen LogP contribution in [0.5, 0.6) is 5.75 Å². The topological polar surface area (TPSA) is 87.7 Å². The molecule has 1 N–H and O–H groups in total. The second kappa shape index (κ2) is 9.99. The van der Waals surface area contributed by atoms with Gasteiger partial charge in [0.25, 0.3) is 0 Å². The predicted molar refractivity (Wildman–Crippen MR) is 132 cm³/mol. The summed E-state index contributed by atoms with van der Waals surface area (Å²) in [6.45, 7) is 10.7. The number of aryl methyl sites for hydroxylation is 1. The molecule has 34 heavy (non-hydrogen) atoms. The van der Waals surface area contributed by atoms with Gasteiger partial charge in [0.05, 0.1) is 11.6 Å². The van der Waals surface area contributed by atoms with E-state index in [1.807, 2.05) is 69.0 Å². The first-order chi connectivity index (χ1) is 16.2. The summed E-state index contributed by atoms with van der Waals surface area (Å²) in [7, 11) is 0. The summed E-state index contributed by atoms with van der Waals surface area (Å²) < 4.78 is 6.13. The Morgan fingerprint density at radius 3 is 2.29 bits per heavy atom. The van der Waals surface area contributed by atoms with Gasteiger partial charge in [-0.15, -0.1) is 5.10 Å². The van der Waals surface area contributed by atoms with Gasteiger partial charge in [-0.25, -0.2) is 0 Å². The number of ether oxygens (including phenoxy) is 1. The van der Waals surface area contributed by atoms with Gasteiger partial charge in [-0.2, -0.15) is 5.10 Å². The Bertz CT molecular complexity index is 993. The zero-order chi connectivity index (χ0) is 24.3. The number of nitrogens with one attached hydrogen (secondary N) is 1. The molecule has 1 aromatic heterocycles. The first-order valence-corrected chi connectivity index (χ1v) is 12.1. The fourth-order valence-corrected chi connectivity index (χ4v) is 4.45. The summed E-state index contributed by atoms with van der Waals surface area (Å²) in [6.07, 6.45) is 2.53. The van der Waals surface area contributed by atoms with Gasteiger partial charge >= 0.3 is 0 Å². The summed E-state index contributed by atoms with van der Waals surface area (Å²) in [5.74, 6) is 1.73. The number of hydrogen-bond donors (Lipinski definition) is 1. The van der Waals surface area contributed by atoms with Crippen molar-refractivity contribution in [3.63, 3.8) is 0 Å². The molecule has 0 unspecified atom stereocenters. The van der Waals surface area contributed by atoms with E-state index in [4.69, 9.17) is 4.74 Å². The Labute approximate surface area is 201 Å². The number of nitrogens with zero attached hydrogens (tertiary/aromatic N) is 4. The molecule has 182 valence electrons. The molecule has 2 aliphatic rings. The minimum Gasteiger partial charge on any atom is -0.490 e. The van der Waals surface area contributed by atoms with Crippen LogP contribution in [0.25, 0.3) is 0 Å². The van der Waals surface area contributed by atoms with Crippen molar-refractivity contribution in [2.75, 3.05) is 36.4 Å². The molecular weight excluding hydrogens is 430 g/mol. The molecule has 0 bridgehead atoms. The van der Waals surface area contributed by atoms with Gasteiger partial charge in [-0.3, -0.25) is 9.59 Å². The highest BCUT2D eigenvalue weighted by Gasteiger charge is 2.31. The van der Waals surface area contributed by atoms with Crippen LogP contribution in [0.4, 0.5) is 11.5 Å². The van der Waals surface area contributed by atoms with Crippen LogP contribution in [-0.2, 0) is 9.59 Å². The second-order valence-electron chi connectivity index (χ2n) is 10.3. The maximum absolute atomic E-state index is 12.8. The lowest BCUT2D eigenvalue weighted by Gasteiger charge is -2.35. The van der Waals surface area contributed by atoms with Crippen LogP contribution in [0.2, 0.25) is 0 Å². The van der Waals surface area contributed by atoms with Gasteiger partial charge in [0.1, 0.15) is 11.9 Å². The number of carbonyl (C=O) groups excluding carboxylic acids is 2. The highest BCUT2D eigenvalue weighted by molar-refractivity contribution is 5.93. The molecule has 3 heterocycles. The minimum absolute atomic E-state index is 0.0205. The molecule has 8 heteroatoms. The van der Waals surface area contributed by atoms with E-state index in [1.165, 1.54) is 0 Å². The molecule has 0 spiro atoms. The van der Waals surface area contributed by atoms with Crippen molar-refractivity contribution in [1.82, 2.24) is 15.1 Å². The van der Waals surface area contributed by atoms with Crippen LogP contribution in [0.3, 0.4) is 0 Å². The van der Waals surface area contributed by atoms with Crippen molar-refractivity contribution in [2.45, 2.75) is 53.1 Å². The summed E-state index contributed by atoms with van der Waals surface area (Å²) in [6, 6.07) is 11.4. The predicted octanol–water partition coefficient (Wildman–Crippen LogP) is 3.67. The Morgan fingerprint density at radius 1 is 0.971 bits per heavy atom. The van der Waals surface area contributed by atoms with Gasteiger partial charge in [0.2, 0.25) is 11.8 Å². The number of amides is 2. The monoisotopic (exact) mass is 465 g/mol. The van der Waals surface area contributed by atoms with Crippen LogP contribution < -0.4 is 15.0 Å². The maximum atomic E-state index is 12.8. The fourth-order valence-electron chi connectivity index (χ4n) is 4.45. The number of benzene rings is 1. The molecular formula is C26H35N5O3. The highest BCUT2D eigenvalue weighted by atomic mass is 16.5. The first kappa shape index (κ1) is 24.0. The quantitative estimate of drug-likeness (QED) is 0.725. The smallest absolute Gasteiger partial charge is 0.229 e. The summed E-state index contributed by atoms with van der Waals surface area (Å²) >= 11 is 0. The van der Waals surface area contributed by atoms with Crippen LogP contribution >= 0.6 is 0 Å². The number of likely N-dealkylation sites (tertiary alicyclic amines) is 1. The molecule has 8 nitrogen and oxygen atoms in total. The summed E-state index contributed by atoms with van der Waals surface area (Å²) in [5.41, 5.74) is 1.29. The average Bonchev–Trinajstić information content (AvgIpc) is 3.31. The lowest BCUT2D eigenvalue weighted by atomic mass is 9.93. The molecule has 2 saturated heterocycles. The van der Waals surface area contributed by atoms with Gasteiger partial charge < -0.3 is 19.9 Å². The van der Waals surface area contributed by atoms with Gasteiger partial charge in [-0.05, 0) is 49.7 Å². The third kappa shape index (κ3) is 5.85. The fraction of sp³-hybridized carbons (Fsp3) is 0.538. The molecule has 1 atom stereocenters. The molecule has 0 saturated carbocycles. The number of rotatable bonds is 5. The first-order valence-electron chi connectivity index (χ1n) is 12.1. The van der Waals surface area contributed by atoms with Crippen molar-refractivity contribution in [3.05, 3.63) is 42.1 Å². The minimum atomic E-state index is -0.348. The van der Waals surface area contributed by atoms with E-state index < -0.39 is 0 Å². The molecule has 2 fully saturated rings. The molecule has 2 aromatic rings. The van der Waals surface area contributed by atoms with E-state index in [1.54, 1.807) is 0 Å². The number of aromatic nitrogens is 2. The van der Waals surface area contributed by atoms with Crippen molar-refractivity contribution in [1.29, 1.82) is 0 Å². The van der Waals surface area contributed by atoms with E-state index in [9.17, 15) is 9.59 Å². The molecule has 2 amide bonds. The van der Waals surface area contributed by atoms with Gasteiger partial charge in [0.15, 0.2) is 5.82 Å².